The minimum atomic E-state index is -0.604. The monoisotopic (exact) mass is 300 g/mol. The van der Waals surface area contributed by atoms with Crippen molar-refractivity contribution < 1.29 is 23.9 Å². The van der Waals surface area contributed by atoms with Crippen LogP contribution in [0.1, 0.15) is 20.1 Å². The summed E-state index contributed by atoms with van der Waals surface area (Å²) < 4.78 is 9.84. The smallest absolute Gasteiger partial charge is 0.414 e. The Kier molecular flexibility index (Phi) is 5.09. The first-order valence-electron chi connectivity index (χ1n) is 5.66. The van der Waals surface area contributed by atoms with E-state index in [1.54, 1.807) is 6.92 Å². The van der Waals surface area contributed by atoms with Crippen LogP contribution in [0.25, 0.3) is 0 Å². The third-order valence-corrected chi connectivity index (χ3v) is 3.67. The first kappa shape index (κ1) is 16.0. The van der Waals surface area contributed by atoms with Crippen molar-refractivity contribution in [3.63, 3.8) is 0 Å². The van der Waals surface area contributed by atoms with Crippen molar-refractivity contribution >= 4 is 29.3 Å². The number of ether oxygens (including phenoxy) is 2. The molecular weight excluding hydrogens is 284 g/mol. The van der Waals surface area contributed by atoms with Gasteiger partial charge < -0.3 is 20.1 Å². The molecule has 0 saturated heterocycles. The lowest BCUT2D eigenvalue weighted by molar-refractivity contribution is -0.117. The third kappa shape index (κ3) is 3.47. The predicted octanol–water partition coefficient (Wildman–Crippen LogP) is 0.931. The lowest BCUT2D eigenvalue weighted by atomic mass is 10.2. The molecule has 0 fully saturated rings. The lowest BCUT2D eigenvalue weighted by Gasteiger charge is -2.11. The Morgan fingerprint density at radius 1 is 1.30 bits per heavy atom. The number of amides is 2. The van der Waals surface area contributed by atoms with E-state index in [4.69, 9.17) is 10.5 Å². The zero-order valence-electron chi connectivity index (χ0n) is 11.7. The van der Waals surface area contributed by atoms with Gasteiger partial charge in [-0.15, -0.1) is 11.3 Å². The van der Waals surface area contributed by atoms with Crippen molar-refractivity contribution in [2.75, 3.05) is 21.2 Å². The number of nitrogens with zero attached hydrogens (tertiary/aromatic N) is 1. The molecule has 0 aromatic carbocycles. The Bertz CT molecular complexity index is 550. The van der Waals surface area contributed by atoms with Gasteiger partial charge in [0, 0.05) is 19.7 Å². The van der Waals surface area contributed by atoms with Gasteiger partial charge in [-0.2, -0.15) is 0 Å². The van der Waals surface area contributed by atoms with Crippen LogP contribution in [-0.4, -0.2) is 44.1 Å². The van der Waals surface area contributed by atoms with Crippen molar-refractivity contribution in [2.45, 2.75) is 13.3 Å². The quantitative estimate of drug-likeness (QED) is 0.834. The predicted molar refractivity (Wildman–Crippen MR) is 73.0 cm³/mol. The van der Waals surface area contributed by atoms with E-state index in [1.165, 1.54) is 26.1 Å². The maximum atomic E-state index is 11.6. The van der Waals surface area contributed by atoms with E-state index in [-0.39, 0.29) is 17.0 Å². The molecule has 0 bridgehead atoms. The zero-order valence-corrected chi connectivity index (χ0v) is 12.5. The van der Waals surface area contributed by atoms with Gasteiger partial charge in [0.2, 0.25) is 5.91 Å². The first-order chi connectivity index (χ1) is 9.27. The molecule has 0 aliphatic carbocycles. The summed E-state index contributed by atoms with van der Waals surface area (Å²) >= 11 is 1.03. The highest BCUT2D eigenvalue weighted by molar-refractivity contribution is 7.14. The molecule has 1 rings (SSSR count). The number of hydrogen-bond donors (Lipinski definition) is 1. The SMILES string of the molecule is COC(=O)c1sc(CC(N)=O)c(OC(=O)N(C)C)c1C. The number of nitrogens with two attached hydrogens (primary N) is 1. The largest absolute Gasteiger partial charge is 0.465 e. The van der Waals surface area contributed by atoms with Crippen molar-refractivity contribution in [3.8, 4) is 5.75 Å². The fraction of sp³-hybridized carbons (Fsp3) is 0.417. The van der Waals surface area contributed by atoms with E-state index >= 15 is 0 Å². The molecule has 2 amide bonds. The zero-order chi connectivity index (χ0) is 15.4. The Hall–Kier alpha value is -2.09. The van der Waals surface area contributed by atoms with Crippen LogP contribution in [0.4, 0.5) is 4.79 Å². The van der Waals surface area contributed by atoms with Crippen molar-refractivity contribution in [1.82, 2.24) is 4.90 Å². The van der Waals surface area contributed by atoms with Gasteiger partial charge in [0.15, 0.2) is 5.75 Å². The van der Waals surface area contributed by atoms with Crippen LogP contribution in [0.3, 0.4) is 0 Å². The molecule has 20 heavy (non-hydrogen) atoms. The van der Waals surface area contributed by atoms with Gasteiger partial charge in [-0.05, 0) is 6.92 Å². The molecule has 7 nitrogen and oxygen atoms in total. The van der Waals surface area contributed by atoms with Gasteiger partial charge in [-0.1, -0.05) is 0 Å². The van der Waals surface area contributed by atoms with Crippen LogP contribution in [-0.2, 0) is 16.0 Å². The van der Waals surface area contributed by atoms with E-state index < -0.39 is 18.0 Å². The van der Waals surface area contributed by atoms with Crippen LogP contribution in [0.2, 0.25) is 0 Å². The second-order valence-corrected chi connectivity index (χ2v) is 5.31. The summed E-state index contributed by atoms with van der Waals surface area (Å²) in [6.07, 6.45) is -0.716. The summed E-state index contributed by atoms with van der Waals surface area (Å²) in [7, 11) is 4.30. The molecular formula is C12H16N2O5S. The summed E-state index contributed by atoms with van der Waals surface area (Å²) in [5, 5.41) is 0. The third-order valence-electron chi connectivity index (χ3n) is 2.42. The Labute approximate surface area is 120 Å². The minimum absolute atomic E-state index is 0.113. The molecule has 1 heterocycles. The maximum absolute atomic E-state index is 11.6. The second kappa shape index (κ2) is 6.38. The maximum Gasteiger partial charge on any atom is 0.414 e. The lowest BCUT2D eigenvalue weighted by Crippen LogP contribution is -2.26. The normalized spacial score (nSPS) is 10.0. The molecule has 8 heteroatoms. The molecule has 0 radical (unpaired) electrons. The number of hydrogen-bond acceptors (Lipinski definition) is 6. The minimum Gasteiger partial charge on any atom is -0.465 e. The summed E-state index contributed by atoms with van der Waals surface area (Å²) in [5.74, 6) is -0.942. The molecule has 1 aromatic heterocycles. The molecule has 110 valence electrons. The molecule has 0 aliphatic rings. The molecule has 0 aliphatic heterocycles. The van der Waals surface area contributed by atoms with Crippen LogP contribution in [0.5, 0.6) is 5.75 Å². The van der Waals surface area contributed by atoms with Gasteiger partial charge in [0.1, 0.15) is 4.88 Å². The second-order valence-electron chi connectivity index (χ2n) is 4.21. The van der Waals surface area contributed by atoms with Gasteiger partial charge in [-0.25, -0.2) is 9.59 Å². The van der Waals surface area contributed by atoms with E-state index in [9.17, 15) is 14.4 Å². The molecule has 2 N–H and O–H groups in total. The van der Waals surface area contributed by atoms with E-state index in [0.29, 0.717) is 10.4 Å². The molecule has 0 atom stereocenters. The van der Waals surface area contributed by atoms with Crippen LogP contribution in [0.15, 0.2) is 0 Å². The van der Waals surface area contributed by atoms with E-state index in [2.05, 4.69) is 4.74 Å². The molecule has 0 saturated carbocycles. The fourth-order valence-corrected chi connectivity index (χ4v) is 2.59. The number of thiophene rings is 1. The summed E-state index contributed by atoms with van der Waals surface area (Å²) in [4.78, 5) is 36.3. The van der Waals surface area contributed by atoms with Crippen LogP contribution >= 0.6 is 11.3 Å². The fourth-order valence-electron chi connectivity index (χ4n) is 1.43. The summed E-state index contributed by atoms with van der Waals surface area (Å²) in [6, 6.07) is 0. The number of methoxy groups -OCH3 is 1. The number of carbonyl (C=O) groups excluding carboxylic acids is 3. The highest BCUT2D eigenvalue weighted by Gasteiger charge is 2.24. The number of esters is 1. The van der Waals surface area contributed by atoms with Gasteiger partial charge >= 0.3 is 12.1 Å². The Balaban J connectivity index is 3.23. The number of primary amides is 1. The topological polar surface area (TPSA) is 98.9 Å². The average Bonchev–Trinajstić information content (AvgIpc) is 2.65. The average molecular weight is 300 g/mol. The molecule has 0 unspecified atom stereocenters. The highest BCUT2D eigenvalue weighted by Crippen LogP contribution is 2.36. The van der Waals surface area contributed by atoms with Crippen molar-refractivity contribution in [2.24, 2.45) is 5.73 Å². The van der Waals surface area contributed by atoms with E-state index in [0.717, 1.165) is 11.3 Å². The van der Waals surface area contributed by atoms with Crippen molar-refractivity contribution in [3.05, 3.63) is 15.3 Å². The van der Waals surface area contributed by atoms with Crippen LogP contribution < -0.4 is 10.5 Å². The molecule has 0 spiro atoms. The number of rotatable bonds is 4. The summed E-state index contributed by atoms with van der Waals surface area (Å²) in [5.41, 5.74) is 5.60. The van der Waals surface area contributed by atoms with Gasteiger partial charge in [0.25, 0.3) is 0 Å². The van der Waals surface area contributed by atoms with Gasteiger partial charge in [-0.3, -0.25) is 4.79 Å². The van der Waals surface area contributed by atoms with E-state index in [1.807, 2.05) is 0 Å². The Morgan fingerprint density at radius 2 is 1.90 bits per heavy atom. The van der Waals surface area contributed by atoms with Crippen molar-refractivity contribution in [1.29, 1.82) is 0 Å². The summed E-state index contributed by atoms with van der Waals surface area (Å²) in [6.45, 7) is 1.62. The highest BCUT2D eigenvalue weighted by atomic mass is 32.1. The number of carbonyl (C=O) groups is 3. The van der Waals surface area contributed by atoms with Gasteiger partial charge in [0.05, 0.1) is 18.4 Å². The standard InChI is InChI=1S/C12H16N2O5S/c1-6-9(19-12(17)14(2)3)7(5-8(13)15)20-10(6)11(16)18-4/h5H2,1-4H3,(H2,13,15). The Morgan fingerprint density at radius 3 is 2.35 bits per heavy atom. The molecule has 1 aromatic rings. The first-order valence-corrected chi connectivity index (χ1v) is 6.47. The van der Waals surface area contributed by atoms with Crippen LogP contribution in [0, 0.1) is 6.92 Å².